The maximum atomic E-state index is 12.7. The molecule has 0 unspecified atom stereocenters. The van der Waals surface area contributed by atoms with E-state index in [0.29, 0.717) is 35.7 Å². The van der Waals surface area contributed by atoms with Crippen LogP contribution in [-0.2, 0) is 9.53 Å². The molecule has 3 N–H and O–H groups in total. The number of likely N-dealkylation sites (tertiary alicyclic amines) is 1. The Labute approximate surface area is 194 Å². The highest BCUT2D eigenvalue weighted by Crippen LogP contribution is 2.16. The maximum Gasteiger partial charge on any atom is 0.253 e. The van der Waals surface area contributed by atoms with Gasteiger partial charge in [0.15, 0.2) is 0 Å². The number of hydrogen-bond acceptors (Lipinski definition) is 5. The normalized spacial score (nSPS) is 13.3. The van der Waals surface area contributed by atoms with Crippen molar-refractivity contribution < 1.29 is 19.1 Å². The topological polar surface area (TPSA) is 99.8 Å². The van der Waals surface area contributed by atoms with E-state index in [9.17, 15) is 14.4 Å². The molecule has 0 radical (unpaired) electrons. The van der Waals surface area contributed by atoms with Gasteiger partial charge < -0.3 is 25.6 Å². The summed E-state index contributed by atoms with van der Waals surface area (Å²) >= 11 is 0. The molecule has 0 atom stereocenters. The summed E-state index contributed by atoms with van der Waals surface area (Å²) in [5.41, 5.74) is 2.34. The molecule has 3 rings (SSSR count). The molecule has 1 aliphatic heterocycles. The monoisotopic (exact) mass is 452 g/mol. The summed E-state index contributed by atoms with van der Waals surface area (Å²) in [4.78, 5) is 39.2. The second-order valence-electron chi connectivity index (χ2n) is 8.02. The van der Waals surface area contributed by atoms with Crippen LogP contribution < -0.4 is 16.0 Å². The van der Waals surface area contributed by atoms with E-state index in [4.69, 9.17) is 4.74 Å². The van der Waals surface area contributed by atoms with Crippen LogP contribution in [0.3, 0.4) is 0 Å². The highest BCUT2D eigenvalue weighted by molar-refractivity contribution is 5.98. The number of nitrogens with one attached hydrogen (secondary N) is 3. The molecule has 0 spiro atoms. The van der Waals surface area contributed by atoms with Gasteiger partial charge in [-0.05, 0) is 62.1 Å². The Hall–Kier alpha value is -3.39. The highest BCUT2D eigenvalue weighted by Gasteiger charge is 2.18. The zero-order valence-electron chi connectivity index (χ0n) is 19.1. The summed E-state index contributed by atoms with van der Waals surface area (Å²) in [7, 11) is 1.62. The first-order valence-electron chi connectivity index (χ1n) is 11.4. The first-order valence-corrected chi connectivity index (χ1v) is 11.4. The lowest BCUT2D eigenvalue weighted by Crippen LogP contribution is -2.35. The molecular formula is C25H32N4O4. The second kappa shape index (κ2) is 12.6. The minimum Gasteiger partial charge on any atom is -0.385 e. The van der Waals surface area contributed by atoms with Crippen LogP contribution in [0.15, 0.2) is 48.5 Å². The van der Waals surface area contributed by atoms with Crippen molar-refractivity contribution in [1.29, 1.82) is 0 Å². The fraction of sp³-hybridized carbons (Fsp3) is 0.400. The smallest absolute Gasteiger partial charge is 0.253 e. The Bertz CT molecular complexity index is 957. The molecule has 2 aromatic rings. The van der Waals surface area contributed by atoms with Gasteiger partial charge in [0.1, 0.15) is 0 Å². The van der Waals surface area contributed by atoms with Gasteiger partial charge in [0.2, 0.25) is 5.91 Å². The van der Waals surface area contributed by atoms with Crippen LogP contribution in [-0.4, -0.2) is 62.5 Å². The Morgan fingerprint density at radius 1 is 0.939 bits per heavy atom. The van der Waals surface area contributed by atoms with Crippen molar-refractivity contribution in [1.82, 2.24) is 10.2 Å². The van der Waals surface area contributed by atoms with Gasteiger partial charge in [-0.3, -0.25) is 14.4 Å². The fourth-order valence-corrected chi connectivity index (χ4v) is 3.69. The molecule has 8 nitrogen and oxygen atoms in total. The number of benzene rings is 2. The first-order chi connectivity index (χ1) is 16.1. The number of methoxy groups -OCH3 is 1. The van der Waals surface area contributed by atoms with Crippen LogP contribution in [0.5, 0.6) is 0 Å². The molecule has 1 saturated heterocycles. The number of nitrogens with zero attached hydrogens (tertiary/aromatic N) is 1. The minimum absolute atomic E-state index is 0.0279. The Morgan fingerprint density at radius 2 is 1.64 bits per heavy atom. The molecule has 1 heterocycles. The third-order valence-corrected chi connectivity index (χ3v) is 5.43. The predicted octanol–water partition coefficient (Wildman–Crippen LogP) is 3.13. The van der Waals surface area contributed by atoms with Crippen molar-refractivity contribution in [2.24, 2.45) is 0 Å². The second-order valence-corrected chi connectivity index (χ2v) is 8.02. The van der Waals surface area contributed by atoms with Crippen molar-refractivity contribution in [2.75, 3.05) is 50.5 Å². The van der Waals surface area contributed by atoms with Gasteiger partial charge in [-0.2, -0.15) is 0 Å². The van der Waals surface area contributed by atoms with E-state index in [0.717, 1.165) is 32.4 Å². The van der Waals surface area contributed by atoms with Crippen LogP contribution in [0.25, 0.3) is 0 Å². The lowest BCUT2D eigenvalue weighted by atomic mass is 10.1. The minimum atomic E-state index is -0.250. The molecule has 0 saturated carbocycles. The van der Waals surface area contributed by atoms with E-state index < -0.39 is 0 Å². The van der Waals surface area contributed by atoms with Crippen molar-refractivity contribution in [3.63, 3.8) is 0 Å². The fourth-order valence-electron chi connectivity index (χ4n) is 3.69. The third kappa shape index (κ3) is 7.61. The van der Waals surface area contributed by atoms with Crippen molar-refractivity contribution >= 4 is 29.1 Å². The zero-order valence-corrected chi connectivity index (χ0v) is 19.1. The molecule has 33 heavy (non-hydrogen) atoms. The van der Waals surface area contributed by atoms with E-state index in [1.807, 2.05) is 17.0 Å². The van der Waals surface area contributed by atoms with Gasteiger partial charge >= 0.3 is 0 Å². The van der Waals surface area contributed by atoms with Crippen molar-refractivity contribution in [2.45, 2.75) is 25.7 Å². The number of anilines is 2. The van der Waals surface area contributed by atoms with Gasteiger partial charge in [0, 0.05) is 55.9 Å². The third-order valence-electron chi connectivity index (χ3n) is 5.43. The number of ether oxygens (including phenoxy) is 1. The van der Waals surface area contributed by atoms with E-state index in [2.05, 4.69) is 16.0 Å². The molecule has 3 amide bonds. The quantitative estimate of drug-likeness (QED) is 0.481. The molecule has 1 fully saturated rings. The number of piperidine rings is 1. The molecule has 1 aliphatic rings. The van der Waals surface area contributed by atoms with Crippen molar-refractivity contribution in [3.8, 4) is 0 Å². The number of rotatable bonds is 10. The molecule has 8 heteroatoms. The average Bonchev–Trinajstić information content (AvgIpc) is 2.85. The standard InChI is InChI=1S/C25H32N4O4/c1-33-15-7-12-26-24(31)19-8-5-11-22(16-19)28-23(30)18-27-21-10-6-9-20(17-21)25(32)29-13-3-2-4-14-29/h5-6,8-11,16-17,27H,2-4,7,12-15,18H2,1H3,(H,26,31)(H,28,30). The molecule has 0 aliphatic carbocycles. The lowest BCUT2D eigenvalue weighted by Gasteiger charge is -2.26. The van der Waals surface area contributed by atoms with Crippen LogP contribution in [0, 0.1) is 0 Å². The van der Waals surface area contributed by atoms with Gasteiger partial charge in [-0.15, -0.1) is 0 Å². The Balaban J connectivity index is 1.50. The van der Waals surface area contributed by atoms with E-state index in [1.165, 1.54) is 6.42 Å². The Kier molecular flexibility index (Phi) is 9.26. The van der Waals surface area contributed by atoms with Gasteiger partial charge in [-0.1, -0.05) is 12.1 Å². The summed E-state index contributed by atoms with van der Waals surface area (Å²) in [6.45, 7) is 2.73. The highest BCUT2D eigenvalue weighted by atomic mass is 16.5. The number of hydrogen-bond donors (Lipinski definition) is 3. The summed E-state index contributed by atoms with van der Waals surface area (Å²) in [6.07, 6.45) is 3.98. The molecule has 176 valence electrons. The average molecular weight is 453 g/mol. The van der Waals surface area contributed by atoms with Crippen molar-refractivity contribution in [3.05, 3.63) is 59.7 Å². The largest absolute Gasteiger partial charge is 0.385 e. The first kappa shape index (κ1) is 24.3. The van der Waals surface area contributed by atoms with E-state index in [1.54, 1.807) is 43.5 Å². The van der Waals surface area contributed by atoms with Gasteiger partial charge in [0.05, 0.1) is 6.54 Å². The summed E-state index contributed by atoms with van der Waals surface area (Å²) in [6, 6.07) is 14.0. The Morgan fingerprint density at radius 3 is 2.39 bits per heavy atom. The lowest BCUT2D eigenvalue weighted by molar-refractivity contribution is -0.114. The maximum absolute atomic E-state index is 12.7. The number of carbonyl (C=O) groups excluding carboxylic acids is 3. The van der Waals surface area contributed by atoms with Gasteiger partial charge in [-0.25, -0.2) is 0 Å². The summed E-state index contributed by atoms with van der Waals surface area (Å²) in [5.74, 6) is -0.420. The summed E-state index contributed by atoms with van der Waals surface area (Å²) < 4.78 is 4.97. The molecule has 0 aromatic heterocycles. The van der Waals surface area contributed by atoms with Crippen LogP contribution in [0.4, 0.5) is 11.4 Å². The molecule has 2 aromatic carbocycles. The van der Waals surface area contributed by atoms with Crippen LogP contribution in [0.1, 0.15) is 46.4 Å². The van der Waals surface area contributed by atoms with Gasteiger partial charge in [0.25, 0.3) is 11.8 Å². The van der Waals surface area contributed by atoms with Crippen LogP contribution >= 0.6 is 0 Å². The summed E-state index contributed by atoms with van der Waals surface area (Å²) in [5, 5.41) is 8.69. The number of amides is 3. The number of carbonyl (C=O) groups is 3. The SMILES string of the molecule is COCCCNC(=O)c1cccc(NC(=O)CNc2cccc(C(=O)N3CCCCC3)c2)c1. The molecular weight excluding hydrogens is 420 g/mol. The predicted molar refractivity (Wildman–Crippen MR) is 129 cm³/mol. The van der Waals surface area contributed by atoms with Crippen LogP contribution in [0.2, 0.25) is 0 Å². The van der Waals surface area contributed by atoms with E-state index in [-0.39, 0.29) is 24.3 Å². The molecule has 0 bridgehead atoms. The van der Waals surface area contributed by atoms with E-state index >= 15 is 0 Å². The zero-order chi connectivity index (χ0) is 23.5.